The highest BCUT2D eigenvalue weighted by atomic mass is 35.5. The van der Waals surface area contributed by atoms with Crippen LogP contribution in [0.1, 0.15) is 43.4 Å². The van der Waals surface area contributed by atoms with Gasteiger partial charge in [-0.2, -0.15) is 0 Å². The Bertz CT molecular complexity index is 1120. The van der Waals surface area contributed by atoms with Crippen molar-refractivity contribution in [1.82, 2.24) is 10.2 Å². The van der Waals surface area contributed by atoms with Crippen molar-refractivity contribution in [3.63, 3.8) is 0 Å². The lowest BCUT2D eigenvalue weighted by atomic mass is 10.1. The molecule has 7 nitrogen and oxygen atoms in total. The summed E-state index contributed by atoms with van der Waals surface area (Å²) in [4.78, 5) is 27.3. The Morgan fingerprint density at radius 3 is 2.38 bits per heavy atom. The number of aryl methyl sites for hydroxylation is 2. The predicted molar refractivity (Wildman–Crippen MR) is 137 cm³/mol. The van der Waals surface area contributed by atoms with Crippen LogP contribution in [0.3, 0.4) is 0 Å². The van der Waals surface area contributed by atoms with Crippen LogP contribution in [-0.2, 0) is 26.2 Å². The minimum absolute atomic E-state index is 0.0985. The van der Waals surface area contributed by atoms with Gasteiger partial charge in [-0.1, -0.05) is 41.9 Å². The quantitative estimate of drug-likeness (QED) is 0.497. The van der Waals surface area contributed by atoms with Crippen LogP contribution in [0.5, 0.6) is 0 Å². The second kappa shape index (κ2) is 12.2. The lowest BCUT2D eigenvalue weighted by molar-refractivity contribution is -0.140. The van der Waals surface area contributed by atoms with Gasteiger partial charge in [-0.05, 0) is 62.9 Å². The fraction of sp³-hybridized carbons (Fsp3) is 0.440. The molecule has 2 aromatic rings. The number of hydrogen-bond acceptors (Lipinski definition) is 4. The molecule has 0 aliphatic heterocycles. The van der Waals surface area contributed by atoms with Crippen LogP contribution in [0.15, 0.2) is 42.5 Å². The molecule has 0 fully saturated rings. The Morgan fingerprint density at radius 1 is 1.09 bits per heavy atom. The van der Waals surface area contributed by atoms with Crippen molar-refractivity contribution in [3.05, 3.63) is 64.2 Å². The van der Waals surface area contributed by atoms with Crippen molar-refractivity contribution in [3.8, 4) is 0 Å². The van der Waals surface area contributed by atoms with Gasteiger partial charge in [0.25, 0.3) is 0 Å². The third kappa shape index (κ3) is 7.46. The van der Waals surface area contributed by atoms with Crippen molar-refractivity contribution in [2.24, 2.45) is 0 Å². The number of amides is 2. The van der Waals surface area contributed by atoms with Crippen molar-refractivity contribution in [2.45, 2.75) is 53.1 Å². The first-order valence-corrected chi connectivity index (χ1v) is 13.5. The number of sulfonamides is 1. The molecule has 0 unspecified atom stereocenters. The van der Waals surface area contributed by atoms with Crippen LogP contribution < -0.4 is 9.62 Å². The Kier molecular flexibility index (Phi) is 9.94. The molecule has 9 heteroatoms. The molecule has 0 heterocycles. The number of carbonyl (C=O) groups is 2. The number of rotatable bonds is 11. The van der Waals surface area contributed by atoms with Gasteiger partial charge in [0.15, 0.2) is 0 Å². The molecule has 0 aliphatic carbocycles. The van der Waals surface area contributed by atoms with Crippen LogP contribution in [0.4, 0.5) is 5.69 Å². The Balaban J connectivity index is 2.20. The van der Waals surface area contributed by atoms with E-state index in [0.29, 0.717) is 30.2 Å². The highest BCUT2D eigenvalue weighted by molar-refractivity contribution is 7.92. The molecule has 0 radical (unpaired) electrons. The lowest BCUT2D eigenvalue weighted by Crippen LogP contribution is -2.47. The number of hydrogen-bond donors (Lipinski definition) is 1. The Labute approximate surface area is 208 Å². The number of benzene rings is 2. The molecule has 186 valence electrons. The van der Waals surface area contributed by atoms with E-state index in [0.717, 1.165) is 22.9 Å². The minimum atomic E-state index is -3.58. The number of nitrogens with one attached hydrogen (secondary N) is 1. The van der Waals surface area contributed by atoms with Crippen molar-refractivity contribution in [2.75, 3.05) is 23.7 Å². The van der Waals surface area contributed by atoms with E-state index in [1.54, 1.807) is 30.0 Å². The van der Waals surface area contributed by atoms with Gasteiger partial charge in [0, 0.05) is 31.1 Å². The summed E-state index contributed by atoms with van der Waals surface area (Å²) in [6, 6.07) is 12.2. The second-order valence-corrected chi connectivity index (χ2v) is 10.7. The van der Waals surface area contributed by atoms with E-state index in [2.05, 4.69) is 5.32 Å². The third-order valence-electron chi connectivity index (χ3n) is 5.71. The molecule has 0 saturated heterocycles. The number of halogens is 1. The largest absolute Gasteiger partial charge is 0.355 e. The molecule has 0 saturated carbocycles. The van der Waals surface area contributed by atoms with Gasteiger partial charge in [-0.25, -0.2) is 8.42 Å². The van der Waals surface area contributed by atoms with Crippen molar-refractivity contribution < 1.29 is 18.0 Å². The number of carbonyl (C=O) groups excluding carboxylic acids is 2. The van der Waals surface area contributed by atoms with Crippen LogP contribution in [-0.4, -0.2) is 50.5 Å². The predicted octanol–water partition coefficient (Wildman–Crippen LogP) is 4.06. The zero-order valence-electron chi connectivity index (χ0n) is 20.5. The molecule has 34 heavy (non-hydrogen) atoms. The maximum atomic E-state index is 13.3. The van der Waals surface area contributed by atoms with E-state index in [1.807, 2.05) is 45.0 Å². The maximum absolute atomic E-state index is 13.3. The van der Waals surface area contributed by atoms with E-state index in [9.17, 15) is 18.0 Å². The summed E-state index contributed by atoms with van der Waals surface area (Å²) >= 11 is 6.10. The average molecular weight is 508 g/mol. The summed E-state index contributed by atoms with van der Waals surface area (Å²) in [6.07, 6.45) is 1.53. The van der Waals surface area contributed by atoms with Gasteiger partial charge in [0.1, 0.15) is 6.04 Å². The van der Waals surface area contributed by atoms with Gasteiger partial charge in [-0.15, -0.1) is 0 Å². The first kappa shape index (κ1) is 27.7. The zero-order valence-corrected chi connectivity index (χ0v) is 22.0. The SMILES string of the molecule is CCNC(=O)[C@@H](C)N(Cc1ccccc1C)C(=O)CCCN(c1cc(Cl)ccc1C)S(C)(=O)=O. The summed E-state index contributed by atoms with van der Waals surface area (Å²) in [5.41, 5.74) is 3.25. The second-order valence-electron chi connectivity index (χ2n) is 8.39. The minimum Gasteiger partial charge on any atom is -0.355 e. The fourth-order valence-corrected chi connectivity index (χ4v) is 4.89. The molecule has 0 aromatic heterocycles. The smallest absolute Gasteiger partial charge is 0.242 e. The molecular weight excluding hydrogens is 474 g/mol. The van der Waals surface area contributed by atoms with Crippen molar-refractivity contribution >= 4 is 39.1 Å². The van der Waals surface area contributed by atoms with Crippen LogP contribution in [0, 0.1) is 13.8 Å². The van der Waals surface area contributed by atoms with Crippen LogP contribution in [0.25, 0.3) is 0 Å². The fourth-order valence-electron chi connectivity index (χ4n) is 3.71. The highest BCUT2D eigenvalue weighted by Gasteiger charge is 2.27. The number of anilines is 1. The van der Waals surface area contributed by atoms with Gasteiger partial charge in [-0.3, -0.25) is 13.9 Å². The highest BCUT2D eigenvalue weighted by Crippen LogP contribution is 2.27. The maximum Gasteiger partial charge on any atom is 0.242 e. The molecule has 2 rings (SSSR count). The van der Waals surface area contributed by atoms with Gasteiger partial charge >= 0.3 is 0 Å². The average Bonchev–Trinajstić information content (AvgIpc) is 2.76. The lowest BCUT2D eigenvalue weighted by Gasteiger charge is -2.30. The molecular formula is C25H34ClN3O4S. The summed E-state index contributed by atoms with van der Waals surface area (Å²) in [5, 5.41) is 3.21. The summed E-state index contributed by atoms with van der Waals surface area (Å²) in [5.74, 6) is -0.435. The number of nitrogens with zero attached hydrogens (tertiary/aromatic N) is 2. The topological polar surface area (TPSA) is 86.8 Å². The normalized spacial score (nSPS) is 12.2. The third-order valence-corrected chi connectivity index (χ3v) is 7.13. The monoisotopic (exact) mass is 507 g/mol. The molecule has 2 amide bonds. The van der Waals surface area contributed by atoms with Crippen LogP contribution in [0.2, 0.25) is 5.02 Å². The van der Waals surface area contributed by atoms with E-state index in [4.69, 9.17) is 11.6 Å². The van der Waals surface area contributed by atoms with Gasteiger partial charge < -0.3 is 10.2 Å². The standard InChI is InChI=1S/C25H34ClN3O4S/c1-6-27-25(31)20(4)28(17-21-11-8-7-10-18(21)2)24(30)12-9-15-29(34(5,32)33)23-16-22(26)14-13-19(23)3/h7-8,10-11,13-14,16,20H,6,9,12,15,17H2,1-5H3,(H,27,31)/t20-/m1/s1. The van der Waals surface area contributed by atoms with E-state index < -0.39 is 16.1 Å². The van der Waals surface area contributed by atoms with E-state index in [-0.39, 0.29) is 24.8 Å². The number of likely N-dealkylation sites (N-methyl/N-ethyl adjacent to an activating group) is 1. The van der Waals surface area contributed by atoms with Gasteiger partial charge in [0.2, 0.25) is 21.8 Å². The zero-order chi connectivity index (χ0) is 25.5. The van der Waals surface area contributed by atoms with Gasteiger partial charge in [0.05, 0.1) is 11.9 Å². The van der Waals surface area contributed by atoms with E-state index >= 15 is 0 Å². The molecule has 2 aromatic carbocycles. The Morgan fingerprint density at radius 2 is 1.76 bits per heavy atom. The summed E-state index contributed by atoms with van der Waals surface area (Å²) < 4.78 is 26.3. The van der Waals surface area contributed by atoms with Crippen molar-refractivity contribution in [1.29, 1.82) is 0 Å². The Hall–Kier alpha value is -2.58. The summed E-state index contributed by atoms with van der Waals surface area (Å²) in [6.45, 7) is 8.21. The van der Waals surface area contributed by atoms with E-state index in [1.165, 1.54) is 4.31 Å². The van der Waals surface area contributed by atoms with Crippen LogP contribution >= 0.6 is 11.6 Å². The first-order chi connectivity index (χ1) is 16.0. The first-order valence-electron chi connectivity index (χ1n) is 11.3. The molecule has 1 atom stereocenters. The molecule has 0 aliphatic rings. The summed E-state index contributed by atoms with van der Waals surface area (Å²) in [7, 11) is -3.58. The molecule has 1 N–H and O–H groups in total. The molecule has 0 spiro atoms. The molecule has 0 bridgehead atoms.